The third-order valence-electron chi connectivity index (χ3n) is 8.61. The van der Waals surface area contributed by atoms with Gasteiger partial charge in [-0.25, -0.2) is 4.79 Å². The van der Waals surface area contributed by atoms with Crippen LogP contribution in [-0.4, -0.2) is 55.6 Å². The normalized spacial score (nSPS) is 16.4. The van der Waals surface area contributed by atoms with Crippen molar-refractivity contribution >= 4 is 6.09 Å². The van der Waals surface area contributed by atoms with Gasteiger partial charge in [0.1, 0.15) is 18.1 Å². The second kappa shape index (κ2) is 13.4. The van der Waals surface area contributed by atoms with Crippen molar-refractivity contribution in [3.05, 3.63) is 83.4 Å². The van der Waals surface area contributed by atoms with Crippen LogP contribution in [0, 0.1) is 5.92 Å². The summed E-state index contributed by atoms with van der Waals surface area (Å²) in [5.41, 5.74) is 12.0. The minimum absolute atomic E-state index is 0.0522. The molecule has 2 aliphatic carbocycles. The Morgan fingerprint density at radius 2 is 1.51 bits per heavy atom. The fourth-order valence-electron chi connectivity index (χ4n) is 6.39. The zero-order valence-electron chi connectivity index (χ0n) is 24.1. The van der Waals surface area contributed by atoms with E-state index in [1.807, 2.05) is 36.4 Å². The van der Waals surface area contributed by atoms with Gasteiger partial charge in [0.2, 0.25) is 0 Å². The highest BCUT2D eigenvalue weighted by Gasteiger charge is 2.31. The maximum atomic E-state index is 13.7. The van der Waals surface area contributed by atoms with Crippen molar-refractivity contribution in [1.29, 1.82) is 0 Å². The molecule has 7 heteroatoms. The van der Waals surface area contributed by atoms with Crippen molar-refractivity contribution in [1.82, 2.24) is 4.90 Å². The first kappa shape index (κ1) is 29.0. The largest absolute Gasteiger partial charge is 0.497 e. The summed E-state index contributed by atoms with van der Waals surface area (Å²) in [6.45, 7) is 0.497. The number of aliphatic hydroxyl groups excluding tert-OH is 1. The van der Waals surface area contributed by atoms with Crippen LogP contribution in [0.15, 0.2) is 66.7 Å². The number of aliphatic hydroxyl groups is 1. The lowest BCUT2D eigenvalue weighted by molar-refractivity contribution is 0.0551. The monoisotopic (exact) mass is 558 g/mol. The summed E-state index contributed by atoms with van der Waals surface area (Å²) >= 11 is 0. The van der Waals surface area contributed by atoms with E-state index in [2.05, 4.69) is 24.3 Å². The lowest BCUT2D eigenvalue weighted by Gasteiger charge is -2.31. The number of nitrogens with zero attached hydrogens (tertiary/aromatic N) is 1. The minimum atomic E-state index is -0.870. The van der Waals surface area contributed by atoms with Crippen LogP contribution in [0.5, 0.6) is 11.5 Å². The van der Waals surface area contributed by atoms with Crippen molar-refractivity contribution in [2.45, 2.75) is 63.1 Å². The van der Waals surface area contributed by atoms with Crippen LogP contribution in [0.1, 0.15) is 61.1 Å². The van der Waals surface area contributed by atoms with E-state index in [1.54, 1.807) is 25.2 Å². The molecule has 0 aromatic heterocycles. The molecule has 0 unspecified atom stereocenters. The van der Waals surface area contributed by atoms with Gasteiger partial charge in [-0.3, -0.25) is 0 Å². The Labute approximate surface area is 243 Å². The number of methoxy groups -OCH3 is 2. The number of nitrogens with two attached hydrogens (primary N) is 1. The topological polar surface area (TPSA) is 94.2 Å². The minimum Gasteiger partial charge on any atom is -0.497 e. The number of hydrogen-bond acceptors (Lipinski definition) is 6. The van der Waals surface area contributed by atoms with Gasteiger partial charge in [-0.05, 0) is 52.3 Å². The molecule has 3 N–H and O–H groups in total. The van der Waals surface area contributed by atoms with Crippen LogP contribution in [0.4, 0.5) is 4.79 Å². The summed E-state index contributed by atoms with van der Waals surface area (Å²) in [6.07, 6.45) is 5.41. The molecule has 41 heavy (non-hydrogen) atoms. The van der Waals surface area contributed by atoms with E-state index in [0.29, 0.717) is 17.4 Å². The van der Waals surface area contributed by atoms with E-state index >= 15 is 0 Å². The molecule has 0 saturated heterocycles. The number of ether oxygens (including phenoxy) is 3. The van der Waals surface area contributed by atoms with Gasteiger partial charge in [0.15, 0.2) is 0 Å². The highest BCUT2D eigenvalue weighted by Crippen LogP contribution is 2.44. The number of fused-ring (bicyclic) bond motifs is 3. The summed E-state index contributed by atoms with van der Waals surface area (Å²) in [4.78, 5) is 15.2. The Kier molecular flexibility index (Phi) is 9.47. The van der Waals surface area contributed by atoms with Crippen molar-refractivity contribution in [3.63, 3.8) is 0 Å². The van der Waals surface area contributed by atoms with E-state index < -0.39 is 18.2 Å². The average molecular weight is 559 g/mol. The lowest BCUT2D eigenvalue weighted by Crippen LogP contribution is -2.46. The van der Waals surface area contributed by atoms with Gasteiger partial charge in [0.05, 0.1) is 26.9 Å². The van der Waals surface area contributed by atoms with E-state index in [0.717, 1.165) is 36.0 Å². The van der Waals surface area contributed by atoms with E-state index in [1.165, 1.54) is 30.4 Å². The Bertz CT molecular complexity index is 1250. The van der Waals surface area contributed by atoms with Crippen LogP contribution in [-0.2, 0) is 11.3 Å². The Morgan fingerprint density at radius 1 is 0.927 bits per heavy atom. The van der Waals surface area contributed by atoms with Gasteiger partial charge in [0.25, 0.3) is 0 Å². The Balaban J connectivity index is 1.33. The van der Waals surface area contributed by atoms with Crippen LogP contribution in [0.3, 0.4) is 0 Å². The van der Waals surface area contributed by atoms with Crippen molar-refractivity contribution in [2.24, 2.45) is 11.7 Å². The maximum absolute atomic E-state index is 13.7. The van der Waals surface area contributed by atoms with E-state index in [9.17, 15) is 9.90 Å². The molecule has 1 saturated carbocycles. The standard InChI is InChI=1S/C34H42N2O5/c1-39-25-16-24(17-26(19-25)40-2)20-36(21-33(37)32(35)18-23-10-4-3-5-11-23)34(38)41-22-31-29-14-8-6-12-27(29)28-13-7-9-15-30(28)31/h6-9,12-17,19,23,31-33,37H,3-5,10-11,18,20-22,35H2,1-2H3/t32-,33-/m0/s1. The maximum Gasteiger partial charge on any atom is 0.410 e. The van der Waals surface area contributed by atoms with Crippen LogP contribution in [0.2, 0.25) is 0 Å². The number of amides is 1. The predicted molar refractivity (Wildman–Crippen MR) is 160 cm³/mol. The number of rotatable bonds is 11. The van der Waals surface area contributed by atoms with Gasteiger partial charge >= 0.3 is 6.09 Å². The van der Waals surface area contributed by atoms with Gasteiger partial charge in [-0.2, -0.15) is 0 Å². The fraction of sp³-hybridized carbons (Fsp3) is 0.441. The smallest absolute Gasteiger partial charge is 0.410 e. The van der Waals surface area contributed by atoms with Gasteiger partial charge in [0, 0.05) is 24.6 Å². The van der Waals surface area contributed by atoms with Crippen molar-refractivity contribution in [3.8, 4) is 22.6 Å². The molecule has 0 radical (unpaired) electrons. The fourth-order valence-corrected chi connectivity index (χ4v) is 6.39. The summed E-state index contributed by atoms with van der Waals surface area (Å²) in [6, 6.07) is 21.6. The van der Waals surface area contributed by atoms with Crippen molar-refractivity contribution < 1.29 is 24.1 Å². The molecule has 2 aliphatic rings. The molecular weight excluding hydrogens is 516 g/mol. The third-order valence-corrected chi connectivity index (χ3v) is 8.61. The van der Waals surface area contributed by atoms with Crippen molar-refractivity contribution in [2.75, 3.05) is 27.4 Å². The zero-order chi connectivity index (χ0) is 28.8. The van der Waals surface area contributed by atoms with Crippen LogP contribution >= 0.6 is 0 Å². The molecule has 5 rings (SSSR count). The van der Waals surface area contributed by atoms with Crippen LogP contribution in [0.25, 0.3) is 11.1 Å². The molecule has 0 spiro atoms. The quantitative estimate of drug-likeness (QED) is 0.295. The first-order valence-corrected chi connectivity index (χ1v) is 14.7. The summed E-state index contributed by atoms with van der Waals surface area (Å²) < 4.78 is 16.9. The van der Waals surface area contributed by atoms with Gasteiger partial charge in [-0.1, -0.05) is 80.6 Å². The predicted octanol–water partition coefficient (Wildman–Crippen LogP) is 6.11. The Morgan fingerprint density at radius 3 is 2.10 bits per heavy atom. The molecular formula is C34H42N2O5. The molecule has 0 bridgehead atoms. The SMILES string of the molecule is COc1cc(CN(C[C@H](O)[C@@H](N)CC2CCCCC2)C(=O)OCC2c3ccccc3-c3ccccc32)cc(OC)c1. The third kappa shape index (κ3) is 6.85. The van der Waals surface area contributed by atoms with E-state index in [-0.39, 0.29) is 25.6 Å². The summed E-state index contributed by atoms with van der Waals surface area (Å²) in [5.74, 6) is 1.73. The average Bonchev–Trinajstić information content (AvgIpc) is 3.33. The lowest BCUT2D eigenvalue weighted by atomic mass is 9.84. The number of carbonyl (C=O) groups excluding carboxylic acids is 1. The highest BCUT2D eigenvalue weighted by atomic mass is 16.6. The Hall–Kier alpha value is -3.55. The van der Waals surface area contributed by atoms with Gasteiger partial charge in [-0.15, -0.1) is 0 Å². The molecule has 0 aliphatic heterocycles. The molecule has 0 heterocycles. The van der Waals surface area contributed by atoms with Gasteiger partial charge < -0.3 is 30.0 Å². The molecule has 2 atom stereocenters. The first-order chi connectivity index (χ1) is 20.0. The molecule has 1 amide bonds. The zero-order valence-corrected chi connectivity index (χ0v) is 24.1. The number of hydrogen-bond donors (Lipinski definition) is 2. The molecule has 3 aromatic carbocycles. The molecule has 1 fully saturated rings. The molecule has 7 nitrogen and oxygen atoms in total. The highest BCUT2D eigenvalue weighted by molar-refractivity contribution is 5.79. The number of benzene rings is 3. The van der Waals surface area contributed by atoms with Crippen LogP contribution < -0.4 is 15.2 Å². The molecule has 218 valence electrons. The second-order valence-corrected chi connectivity index (χ2v) is 11.4. The van der Waals surface area contributed by atoms with E-state index in [4.69, 9.17) is 19.9 Å². The molecule has 3 aromatic rings. The number of carbonyl (C=O) groups is 1. The first-order valence-electron chi connectivity index (χ1n) is 14.7. The summed E-state index contributed by atoms with van der Waals surface area (Å²) in [5, 5.41) is 11.2. The second-order valence-electron chi connectivity index (χ2n) is 11.4. The summed E-state index contributed by atoms with van der Waals surface area (Å²) in [7, 11) is 3.19.